The van der Waals surface area contributed by atoms with E-state index in [4.69, 9.17) is 9.84 Å². The van der Waals surface area contributed by atoms with Gasteiger partial charge < -0.3 is 15.2 Å². The van der Waals surface area contributed by atoms with Crippen molar-refractivity contribution in [3.63, 3.8) is 0 Å². The normalized spacial score (nSPS) is 13.2. The van der Waals surface area contributed by atoms with Crippen molar-refractivity contribution < 1.29 is 19.4 Å². The molecule has 23 heavy (non-hydrogen) atoms. The van der Waals surface area contributed by atoms with Crippen LogP contribution in [0.3, 0.4) is 0 Å². The van der Waals surface area contributed by atoms with Crippen LogP contribution in [-0.4, -0.2) is 30.1 Å². The lowest BCUT2D eigenvalue weighted by molar-refractivity contribution is -0.141. The van der Waals surface area contributed by atoms with Crippen LogP contribution >= 0.6 is 11.3 Å². The molecule has 0 spiro atoms. The number of rotatable bonds is 6. The monoisotopic (exact) mass is 333 g/mol. The molecule has 0 radical (unpaired) electrons. The number of ether oxygens (including phenoxy) is 1. The summed E-state index contributed by atoms with van der Waals surface area (Å²) in [5, 5.41) is 11.7. The van der Waals surface area contributed by atoms with Gasteiger partial charge in [-0.3, -0.25) is 9.59 Å². The van der Waals surface area contributed by atoms with Crippen molar-refractivity contribution in [2.75, 3.05) is 7.11 Å². The van der Waals surface area contributed by atoms with E-state index in [1.165, 1.54) is 18.4 Å². The Morgan fingerprint density at radius 1 is 1.22 bits per heavy atom. The maximum atomic E-state index is 12.4. The Balaban J connectivity index is 2.23. The highest BCUT2D eigenvalue weighted by atomic mass is 32.1. The van der Waals surface area contributed by atoms with Gasteiger partial charge in [-0.25, -0.2) is 0 Å². The molecule has 5 nitrogen and oxygen atoms in total. The highest BCUT2D eigenvalue weighted by Crippen LogP contribution is 2.36. The van der Waals surface area contributed by atoms with Gasteiger partial charge in [-0.1, -0.05) is 30.3 Å². The molecule has 122 valence electrons. The number of amides is 1. The van der Waals surface area contributed by atoms with Gasteiger partial charge in [-0.15, -0.1) is 11.3 Å². The number of thiophene rings is 1. The van der Waals surface area contributed by atoms with Gasteiger partial charge in [0.05, 0.1) is 13.0 Å². The van der Waals surface area contributed by atoms with Gasteiger partial charge in [-0.2, -0.15) is 0 Å². The molecule has 1 aromatic carbocycles. The first-order chi connectivity index (χ1) is 10.9. The summed E-state index contributed by atoms with van der Waals surface area (Å²) >= 11 is 1.32. The largest absolute Gasteiger partial charge is 0.495 e. The van der Waals surface area contributed by atoms with Gasteiger partial charge in [0, 0.05) is 10.9 Å². The fourth-order valence-corrected chi connectivity index (χ4v) is 3.07. The quantitative estimate of drug-likeness (QED) is 0.851. The van der Waals surface area contributed by atoms with Crippen molar-refractivity contribution in [3.8, 4) is 16.2 Å². The minimum atomic E-state index is -0.944. The molecule has 6 heteroatoms. The highest BCUT2D eigenvalue weighted by molar-refractivity contribution is 7.17. The predicted molar refractivity (Wildman–Crippen MR) is 90.0 cm³/mol. The Hall–Kier alpha value is -2.34. The second-order valence-electron chi connectivity index (χ2n) is 5.26. The van der Waals surface area contributed by atoms with Crippen LogP contribution in [0.15, 0.2) is 36.4 Å². The smallest absolute Gasteiger partial charge is 0.308 e. The number of carbonyl (C=O) groups excluding carboxylic acids is 1. The lowest BCUT2D eigenvalue weighted by Crippen LogP contribution is -2.39. The van der Waals surface area contributed by atoms with Crippen molar-refractivity contribution in [3.05, 3.63) is 41.3 Å². The number of nitrogens with one attached hydrogen (secondary N) is 1. The Morgan fingerprint density at radius 2 is 1.87 bits per heavy atom. The van der Waals surface area contributed by atoms with Gasteiger partial charge in [0.25, 0.3) is 5.91 Å². The van der Waals surface area contributed by atoms with Gasteiger partial charge in [0.1, 0.15) is 10.6 Å². The van der Waals surface area contributed by atoms with Crippen LogP contribution in [0.1, 0.15) is 23.5 Å². The van der Waals surface area contributed by atoms with E-state index in [1.54, 1.807) is 13.8 Å². The number of carbonyl (C=O) groups is 2. The standard InChI is InChI=1S/C17H19NO4S/c1-10(17(20)21)11(2)18-16(19)15-13(22-3)9-14(23-15)12-7-5-4-6-8-12/h4-11H,1-3H3,(H,18,19)(H,20,21). The maximum Gasteiger partial charge on any atom is 0.308 e. The van der Waals surface area contributed by atoms with E-state index >= 15 is 0 Å². The van der Waals surface area contributed by atoms with E-state index in [0.29, 0.717) is 10.6 Å². The SMILES string of the molecule is COc1cc(-c2ccccc2)sc1C(=O)NC(C)C(C)C(=O)O. The van der Waals surface area contributed by atoms with Crippen molar-refractivity contribution >= 4 is 23.2 Å². The number of benzene rings is 1. The molecule has 2 unspecified atom stereocenters. The van der Waals surface area contributed by atoms with Crippen LogP contribution in [-0.2, 0) is 4.79 Å². The number of hydrogen-bond donors (Lipinski definition) is 2. The molecule has 2 N–H and O–H groups in total. The van der Waals surface area contributed by atoms with E-state index in [9.17, 15) is 9.59 Å². The fraction of sp³-hybridized carbons (Fsp3) is 0.294. The van der Waals surface area contributed by atoms with Crippen molar-refractivity contribution in [1.29, 1.82) is 0 Å². The zero-order valence-corrected chi connectivity index (χ0v) is 14.0. The summed E-state index contributed by atoms with van der Waals surface area (Å²) in [6.07, 6.45) is 0. The molecule has 0 fully saturated rings. The molecule has 0 aliphatic carbocycles. The minimum absolute atomic E-state index is 0.324. The van der Waals surface area contributed by atoms with E-state index in [2.05, 4.69) is 5.32 Å². The van der Waals surface area contributed by atoms with E-state index < -0.39 is 17.9 Å². The summed E-state index contributed by atoms with van der Waals surface area (Å²) in [5.74, 6) is -1.45. The van der Waals surface area contributed by atoms with Crippen molar-refractivity contribution in [2.45, 2.75) is 19.9 Å². The molecule has 0 aliphatic rings. The number of carboxylic acid groups (broad SMARTS) is 1. The number of aliphatic carboxylic acids is 1. The first kappa shape index (κ1) is 17.0. The van der Waals surface area contributed by atoms with Gasteiger partial charge >= 0.3 is 5.97 Å². The summed E-state index contributed by atoms with van der Waals surface area (Å²) < 4.78 is 5.29. The first-order valence-electron chi connectivity index (χ1n) is 7.21. The second-order valence-corrected chi connectivity index (χ2v) is 6.32. The van der Waals surface area contributed by atoms with Crippen LogP contribution in [0.2, 0.25) is 0 Å². The van der Waals surface area contributed by atoms with Crippen LogP contribution in [0, 0.1) is 5.92 Å². The average molecular weight is 333 g/mol. The highest BCUT2D eigenvalue weighted by Gasteiger charge is 2.24. The lowest BCUT2D eigenvalue weighted by atomic mass is 10.0. The minimum Gasteiger partial charge on any atom is -0.495 e. The summed E-state index contributed by atoms with van der Waals surface area (Å²) in [5.41, 5.74) is 1.00. The number of hydrogen-bond acceptors (Lipinski definition) is 4. The molecule has 1 amide bonds. The average Bonchev–Trinajstić information content (AvgIpc) is 2.99. The van der Waals surface area contributed by atoms with Crippen LogP contribution < -0.4 is 10.1 Å². The van der Waals surface area contributed by atoms with Crippen LogP contribution in [0.4, 0.5) is 0 Å². The Labute approximate surface area is 138 Å². The van der Waals surface area contributed by atoms with Crippen LogP contribution in [0.25, 0.3) is 10.4 Å². The fourth-order valence-electron chi connectivity index (χ4n) is 2.04. The molecule has 0 saturated heterocycles. The molecular formula is C17H19NO4S. The third kappa shape index (κ3) is 3.90. The molecule has 2 atom stereocenters. The van der Waals surface area contributed by atoms with Crippen LogP contribution in [0.5, 0.6) is 5.75 Å². The first-order valence-corrected chi connectivity index (χ1v) is 8.02. The zero-order valence-electron chi connectivity index (χ0n) is 13.2. The number of methoxy groups -OCH3 is 1. The molecule has 0 aliphatic heterocycles. The third-order valence-electron chi connectivity index (χ3n) is 3.68. The lowest BCUT2D eigenvalue weighted by Gasteiger charge is -2.17. The van der Waals surface area contributed by atoms with Gasteiger partial charge in [0.2, 0.25) is 0 Å². The molecule has 0 saturated carbocycles. The molecule has 2 aromatic rings. The summed E-state index contributed by atoms with van der Waals surface area (Å²) in [6.45, 7) is 3.24. The van der Waals surface area contributed by atoms with E-state index in [1.807, 2.05) is 36.4 Å². The molecule has 1 heterocycles. The van der Waals surface area contributed by atoms with Gasteiger partial charge in [-0.05, 0) is 25.5 Å². The van der Waals surface area contributed by atoms with E-state index in [-0.39, 0.29) is 5.91 Å². The Kier molecular flexibility index (Phi) is 5.39. The predicted octanol–water partition coefficient (Wildman–Crippen LogP) is 3.26. The molecule has 0 bridgehead atoms. The summed E-state index contributed by atoms with van der Waals surface area (Å²) in [4.78, 5) is 24.8. The van der Waals surface area contributed by atoms with Gasteiger partial charge in [0.15, 0.2) is 0 Å². The molecule has 2 rings (SSSR count). The summed E-state index contributed by atoms with van der Waals surface area (Å²) in [6, 6.07) is 11.0. The molecular weight excluding hydrogens is 314 g/mol. The van der Waals surface area contributed by atoms with E-state index in [0.717, 1.165) is 10.4 Å². The zero-order chi connectivity index (χ0) is 17.0. The molecule has 1 aromatic heterocycles. The van der Waals surface area contributed by atoms with Crippen molar-refractivity contribution in [1.82, 2.24) is 5.32 Å². The maximum absolute atomic E-state index is 12.4. The Morgan fingerprint density at radius 3 is 2.43 bits per heavy atom. The summed E-state index contributed by atoms with van der Waals surface area (Å²) in [7, 11) is 1.51. The number of carboxylic acids is 1. The third-order valence-corrected chi connectivity index (χ3v) is 4.84. The second kappa shape index (κ2) is 7.28. The Bertz CT molecular complexity index is 696. The topological polar surface area (TPSA) is 75.6 Å². The van der Waals surface area contributed by atoms with Crippen molar-refractivity contribution in [2.24, 2.45) is 5.92 Å².